The van der Waals surface area contributed by atoms with Gasteiger partial charge in [-0.3, -0.25) is 0 Å². The molecule has 35 heavy (non-hydrogen) atoms. The molecule has 0 radical (unpaired) electrons. The van der Waals surface area contributed by atoms with Gasteiger partial charge in [0, 0.05) is 50.0 Å². The monoisotopic (exact) mass is 520 g/mol. The van der Waals surface area contributed by atoms with Crippen LogP contribution >= 0.6 is 23.2 Å². The van der Waals surface area contributed by atoms with Crippen LogP contribution in [0.5, 0.6) is 11.5 Å². The zero-order chi connectivity index (χ0) is 24.9. The van der Waals surface area contributed by atoms with E-state index in [1.807, 2.05) is 6.07 Å². The number of nitrogen functional groups attached to an aromatic ring is 1. The summed E-state index contributed by atoms with van der Waals surface area (Å²) in [5.41, 5.74) is 7.55. The van der Waals surface area contributed by atoms with Crippen LogP contribution in [0.2, 0.25) is 10.0 Å². The summed E-state index contributed by atoms with van der Waals surface area (Å²) in [4.78, 5) is 15.8. The number of fused-ring (bicyclic) bond motifs is 1. The van der Waals surface area contributed by atoms with E-state index in [0.717, 1.165) is 50.8 Å². The van der Waals surface area contributed by atoms with Crippen LogP contribution in [0.25, 0.3) is 22.2 Å². The number of methoxy groups -OCH3 is 3. The van der Waals surface area contributed by atoms with Gasteiger partial charge < -0.3 is 30.2 Å². The van der Waals surface area contributed by atoms with Gasteiger partial charge in [0.05, 0.1) is 36.1 Å². The van der Waals surface area contributed by atoms with E-state index in [2.05, 4.69) is 20.2 Å². The second-order valence-electron chi connectivity index (χ2n) is 8.39. The first kappa shape index (κ1) is 25.5. The largest absolute Gasteiger partial charge is 0.495 e. The molecule has 9 nitrogen and oxygen atoms in total. The third-order valence-electron chi connectivity index (χ3n) is 6.17. The standard InChI is InChI=1S/C24H30Cl2N6O3/c1-33-15-6-9-32(13-15)8-5-4-7-28-23-22-14(12-29-24(27)31-22)10-16(30-23)19-20(25)17(34-2)11-18(35-3)21(19)26/h10-12,15H,4-9,13H2,1-3H3,(H,28,30)(H2,27,29,31). The van der Waals surface area contributed by atoms with E-state index in [1.165, 1.54) is 14.2 Å². The van der Waals surface area contributed by atoms with Crippen LogP contribution in [0.15, 0.2) is 18.3 Å². The Bertz CT molecular complexity index is 1170. The van der Waals surface area contributed by atoms with Crippen LogP contribution in [0.1, 0.15) is 19.3 Å². The van der Waals surface area contributed by atoms with Gasteiger partial charge in [0.2, 0.25) is 5.95 Å². The number of ether oxygens (including phenoxy) is 3. The van der Waals surface area contributed by atoms with Crippen molar-refractivity contribution in [2.75, 3.05) is 58.6 Å². The van der Waals surface area contributed by atoms with Crippen molar-refractivity contribution in [1.29, 1.82) is 0 Å². The number of likely N-dealkylation sites (tertiary alicyclic amines) is 1. The fourth-order valence-corrected chi connectivity index (χ4v) is 4.97. The number of nitrogens with one attached hydrogen (secondary N) is 1. The number of halogens is 2. The molecule has 3 N–H and O–H groups in total. The summed E-state index contributed by atoms with van der Waals surface area (Å²) >= 11 is 13.3. The molecule has 3 aromatic rings. The third kappa shape index (κ3) is 5.64. The molecule has 0 aliphatic carbocycles. The maximum atomic E-state index is 6.64. The molecule has 0 spiro atoms. The summed E-state index contributed by atoms with van der Waals surface area (Å²) in [6.07, 6.45) is 5.14. The molecule has 0 bridgehead atoms. The molecular weight excluding hydrogens is 491 g/mol. The van der Waals surface area contributed by atoms with Crippen LogP contribution < -0.4 is 20.5 Å². The highest BCUT2D eigenvalue weighted by Gasteiger charge is 2.22. The Morgan fingerprint density at radius 3 is 2.49 bits per heavy atom. The lowest BCUT2D eigenvalue weighted by atomic mass is 10.1. The highest BCUT2D eigenvalue weighted by atomic mass is 35.5. The quantitative estimate of drug-likeness (QED) is 0.373. The number of hydrogen-bond donors (Lipinski definition) is 2. The summed E-state index contributed by atoms with van der Waals surface area (Å²) < 4.78 is 16.3. The number of rotatable bonds is 10. The van der Waals surface area contributed by atoms with Gasteiger partial charge in [0.1, 0.15) is 17.0 Å². The fourth-order valence-electron chi connectivity index (χ4n) is 4.27. The van der Waals surface area contributed by atoms with Gasteiger partial charge in [0.25, 0.3) is 0 Å². The third-order valence-corrected chi connectivity index (χ3v) is 6.92. The van der Waals surface area contributed by atoms with Crippen LogP contribution in [-0.2, 0) is 4.74 Å². The Labute approximate surface area is 214 Å². The second kappa shape index (κ2) is 11.4. The van der Waals surface area contributed by atoms with Gasteiger partial charge >= 0.3 is 0 Å². The first-order valence-corrected chi connectivity index (χ1v) is 12.2. The molecule has 0 amide bonds. The lowest BCUT2D eigenvalue weighted by molar-refractivity contribution is 0.108. The Balaban J connectivity index is 1.58. The molecule has 0 saturated carbocycles. The Kier molecular flexibility index (Phi) is 8.33. The van der Waals surface area contributed by atoms with Crippen molar-refractivity contribution in [1.82, 2.24) is 19.9 Å². The van der Waals surface area contributed by atoms with E-state index >= 15 is 0 Å². The predicted octanol–water partition coefficient (Wildman–Crippen LogP) is 4.51. The van der Waals surface area contributed by atoms with Crippen molar-refractivity contribution < 1.29 is 14.2 Å². The Morgan fingerprint density at radius 1 is 1.09 bits per heavy atom. The topological polar surface area (TPSA) is 108 Å². The number of pyridine rings is 1. The molecule has 3 heterocycles. The van der Waals surface area contributed by atoms with Gasteiger partial charge in [-0.15, -0.1) is 0 Å². The average molecular weight is 521 g/mol. The minimum absolute atomic E-state index is 0.177. The van der Waals surface area contributed by atoms with E-state index in [0.29, 0.717) is 50.2 Å². The van der Waals surface area contributed by atoms with Crippen LogP contribution in [0.3, 0.4) is 0 Å². The van der Waals surface area contributed by atoms with E-state index in [9.17, 15) is 0 Å². The number of nitrogens with two attached hydrogens (primary N) is 1. The zero-order valence-corrected chi connectivity index (χ0v) is 21.6. The van der Waals surface area contributed by atoms with Gasteiger partial charge in [-0.25, -0.2) is 15.0 Å². The van der Waals surface area contributed by atoms with Gasteiger partial charge in [-0.05, 0) is 31.9 Å². The first-order valence-electron chi connectivity index (χ1n) is 11.5. The van der Waals surface area contributed by atoms with Crippen molar-refractivity contribution in [3.05, 3.63) is 28.4 Å². The summed E-state index contributed by atoms with van der Waals surface area (Å²) in [7, 11) is 4.85. The summed E-state index contributed by atoms with van der Waals surface area (Å²) in [5, 5.41) is 4.85. The molecule has 4 rings (SSSR count). The van der Waals surface area contributed by atoms with Crippen LogP contribution in [0.4, 0.5) is 11.8 Å². The van der Waals surface area contributed by atoms with Crippen molar-refractivity contribution in [2.45, 2.75) is 25.4 Å². The molecule has 1 saturated heterocycles. The van der Waals surface area contributed by atoms with Gasteiger partial charge in [-0.1, -0.05) is 23.2 Å². The van der Waals surface area contributed by atoms with Crippen LogP contribution in [0, 0.1) is 0 Å². The number of benzene rings is 1. The Hall–Kier alpha value is -2.59. The zero-order valence-electron chi connectivity index (χ0n) is 20.1. The number of unbranched alkanes of at least 4 members (excludes halogenated alkanes) is 1. The summed E-state index contributed by atoms with van der Waals surface area (Å²) in [6, 6.07) is 3.47. The molecule has 1 aromatic carbocycles. The average Bonchev–Trinajstić information content (AvgIpc) is 3.32. The van der Waals surface area contributed by atoms with Gasteiger partial charge in [-0.2, -0.15) is 0 Å². The normalized spacial score (nSPS) is 16.1. The molecule has 1 aliphatic heterocycles. The molecular formula is C24H30Cl2N6O3. The second-order valence-corrected chi connectivity index (χ2v) is 9.14. The number of hydrogen-bond acceptors (Lipinski definition) is 9. The van der Waals surface area contributed by atoms with Crippen molar-refractivity contribution >= 4 is 45.9 Å². The van der Waals surface area contributed by atoms with E-state index in [1.54, 1.807) is 19.4 Å². The van der Waals surface area contributed by atoms with Crippen molar-refractivity contribution in [2.24, 2.45) is 0 Å². The molecule has 2 aromatic heterocycles. The summed E-state index contributed by atoms with van der Waals surface area (Å²) in [5.74, 6) is 1.63. The molecule has 1 fully saturated rings. The number of anilines is 2. The van der Waals surface area contributed by atoms with Crippen LogP contribution in [-0.4, -0.2) is 73.5 Å². The highest BCUT2D eigenvalue weighted by molar-refractivity contribution is 6.41. The fraction of sp³-hybridized carbons (Fsp3) is 0.458. The van der Waals surface area contributed by atoms with E-state index in [4.69, 9.17) is 48.1 Å². The smallest absolute Gasteiger partial charge is 0.220 e. The lowest BCUT2D eigenvalue weighted by Gasteiger charge is -2.17. The van der Waals surface area contributed by atoms with Gasteiger partial charge in [0.15, 0.2) is 5.82 Å². The predicted molar refractivity (Wildman–Crippen MR) is 140 cm³/mol. The van der Waals surface area contributed by atoms with E-state index in [-0.39, 0.29) is 5.95 Å². The molecule has 1 atom stereocenters. The SMILES string of the molecule is COc1cc(OC)c(Cl)c(-c2cc3cnc(N)nc3c(NCCCCN3CCC(OC)C3)n2)c1Cl. The maximum Gasteiger partial charge on any atom is 0.220 e. The molecule has 1 unspecified atom stereocenters. The molecule has 1 aliphatic rings. The maximum absolute atomic E-state index is 6.64. The first-order chi connectivity index (χ1) is 16.9. The van der Waals surface area contributed by atoms with Crippen molar-refractivity contribution in [3.63, 3.8) is 0 Å². The minimum atomic E-state index is 0.177. The summed E-state index contributed by atoms with van der Waals surface area (Å²) in [6.45, 7) is 3.85. The van der Waals surface area contributed by atoms with Crippen molar-refractivity contribution in [3.8, 4) is 22.8 Å². The lowest BCUT2D eigenvalue weighted by Crippen LogP contribution is -2.24. The minimum Gasteiger partial charge on any atom is -0.495 e. The number of nitrogens with zero attached hydrogens (tertiary/aromatic N) is 4. The Morgan fingerprint density at radius 2 is 1.83 bits per heavy atom. The van der Waals surface area contributed by atoms with E-state index < -0.39 is 0 Å². The molecule has 11 heteroatoms. The number of aromatic nitrogens is 3. The molecule has 188 valence electrons. The highest BCUT2D eigenvalue weighted by Crippen LogP contribution is 2.46.